The Bertz CT molecular complexity index is 555. The zero-order chi connectivity index (χ0) is 13.7. The SMILES string of the molecule is CCCCOC(=O)C(C#N)=C1OCc2ccccc21. The first-order chi connectivity index (χ1) is 9.27. The van der Waals surface area contributed by atoms with Gasteiger partial charge in [0.1, 0.15) is 12.7 Å². The number of unbranched alkanes of at least 4 members (excludes halogenated alkanes) is 1. The molecule has 0 amide bonds. The lowest BCUT2D eigenvalue weighted by molar-refractivity contribution is -0.138. The minimum absolute atomic E-state index is 0.0546. The molecule has 1 aromatic rings. The van der Waals surface area contributed by atoms with Crippen molar-refractivity contribution in [3.63, 3.8) is 0 Å². The molecule has 0 radical (unpaired) electrons. The van der Waals surface area contributed by atoms with Crippen molar-refractivity contribution in [1.29, 1.82) is 5.26 Å². The number of hydrogen-bond acceptors (Lipinski definition) is 4. The average molecular weight is 257 g/mol. The molecule has 1 aliphatic rings. The van der Waals surface area contributed by atoms with Crippen LogP contribution in [0.3, 0.4) is 0 Å². The number of carbonyl (C=O) groups is 1. The second kappa shape index (κ2) is 6.05. The Balaban J connectivity index is 2.25. The molecule has 0 aromatic heterocycles. The number of fused-ring (bicyclic) bond motifs is 1. The molecule has 0 aliphatic carbocycles. The molecule has 0 spiro atoms. The molecule has 1 aromatic carbocycles. The zero-order valence-electron chi connectivity index (χ0n) is 10.8. The van der Waals surface area contributed by atoms with E-state index in [0.717, 1.165) is 24.0 Å². The second-order valence-corrected chi connectivity index (χ2v) is 4.25. The van der Waals surface area contributed by atoms with Crippen LogP contribution in [0.1, 0.15) is 30.9 Å². The van der Waals surface area contributed by atoms with Crippen molar-refractivity contribution < 1.29 is 14.3 Å². The quantitative estimate of drug-likeness (QED) is 0.360. The van der Waals surface area contributed by atoms with Crippen molar-refractivity contribution in [2.24, 2.45) is 0 Å². The molecule has 0 N–H and O–H groups in total. The minimum atomic E-state index is -0.609. The Morgan fingerprint density at radius 2 is 2.26 bits per heavy atom. The first-order valence-corrected chi connectivity index (χ1v) is 6.30. The molecule has 2 rings (SSSR count). The molecule has 4 heteroatoms. The lowest BCUT2D eigenvalue weighted by Gasteiger charge is -2.05. The van der Waals surface area contributed by atoms with Gasteiger partial charge in [0.05, 0.1) is 6.61 Å². The Labute approximate surface area is 112 Å². The summed E-state index contributed by atoms with van der Waals surface area (Å²) in [5.74, 6) is -0.276. The summed E-state index contributed by atoms with van der Waals surface area (Å²) in [4.78, 5) is 11.9. The van der Waals surface area contributed by atoms with Gasteiger partial charge in [0.15, 0.2) is 11.3 Å². The van der Waals surface area contributed by atoms with Crippen LogP contribution in [0.4, 0.5) is 0 Å². The first kappa shape index (κ1) is 13.2. The molecule has 1 heterocycles. The predicted molar refractivity (Wildman–Crippen MR) is 69.6 cm³/mol. The summed E-state index contributed by atoms with van der Waals surface area (Å²) in [6, 6.07) is 9.40. The third-order valence-corrected chi connectivity index (χ3v) is 2.91. The second-order valence-electron chi connectivity index (χ2n) is 4.25. The molecule has 1 aliphatic heterocycles. The fourth-order valence-electron chi connectivity index (χ4n) is 1.87. The normalized spacial score (nSPS) is 15.2. The Morgan fingerprint density at radius 3 is 3.00 bits per heavy atom. The summed E-state index contributed by atoms with van der Waals surface area (Å²) < 4.78 is 10.5. The molecule has 4 nitrogen and oxygen atoms in total. The van der Waals surface area contributed by atoms with Crippen LogP contribution in [0.5, 0.6) is 0 Å². The van der Waals surface area contributed by atoms with Gasteiger partial charge in [-0.05, 0) is 6.42 Å². The van der Waals surface area contributed by atoms with Crippen LogP contribution in [-0.4, -0.2) is 12.6 Å². The van der Waals surface area contributed by atoms with E-state index in [0.29, 0.717) is 19.0 Å². The van der Waals surface area contributed by atoms with E-state index in [1.165, 1.54) is 0 Å². The van der Waals surface area contributed by atoms with Gasteiger partial charge in [-0.2, -0.15) is 5.26 Å². The van der Waals surface area contributed by atoms with E-state index in [1.54, 1.807) is 0 Å². The Morgan fingerprint density at radius 1 is 1.47 bits per heavy atom. The maximum Gasteiger partial charge on any atom is 0.352 e. The highest BCUT2D eigenvalue weighted by Crippen LogP contribution is 2.32. The van der Waals surface area contributed by atoms with Gasteiger partial charge < -0.3 is 9.47 Å². The lowest BCUT2D eigenvalue weighted by Crippen LogP contribution is -2.10. The average Bonchev–Trinajstić information content (AvgIpc) is 2.84. The number of carbonyl (C=O) groups excluding carboxylic acids is 1. The summed E-state index contributed by atoms with van der Waals surface area (Å²) in [5.41, 5.74) is 1.72. The van der Waals surface area contributed by atoms with E-state index in [9.17, 15) is 4.79 Å². The van der Waals surface area contributed by atoms with Crippen molar-refractivity contribution in [3.05, 3.63) is 41.0 Å². The highest BCUT2D eigenvalue weighted by atomic mass is 16.5. The van der Waals surface area contributed by atoms with Crippen LogP contribution in [0.2, 0.25) is 0 Å². The smallest absolute Gasteiger partial charge is 0.352 e. The van der Waals surface area contributed by atoms with Crippen LogP contribution in [0.25, 0.3) is 5.76 Å². The first-order valence-electron chi connectivity index (χ1n) is 6.30. The maximum absolute atomic E-state index is 11.9. The number of hydrogen-bond donors (Lipinski definition) is 0. The largest absolute Gasteiger partial charge is 0.487 e. The number of nitriles is 1. The van der Waals surface area contributed by atoms with Gasteiger partial charge in [0.25, 0.3) is 0 Å². The van der Waals surface area contributed by atoms with Gasteiger partial charge >= 0.3 is 5.97 Å². The molecule has 0 bridgehead atoms. The molecule has 19 heavy (non-hydrogen) atoms. The highest BCUT2D eigenvalue weighted by molar-refractivity contribution is 6.01. The summed E-state index contributed by atoms with van der Waals surface area (Å²) in [5, 5.41) is 9.15. The molecule has 0 saturated heterocycles. The van der Waals surface area contributed by atoms with E-state index < -0.39 is 5.97 Å². The van der Waals surface area contributed by atoms with E-state index >= 15 is 0 Å². The number of benzene rings is 1. The van der Waals surface area contributed by atoms with E-state index in [1.807, 2.05) is 37.3 Å². The van der Waals surface area contributed by atoms with Crippen LogP contribution in [-0.2, 0) is 20.9 Å². The maximum atomic E-state index is 11.9. The number of ether oxygens (including phenoxy) is 2. The van der Waals surface area contributed by atoms with Crippen molar-refractivity contribution in [2.75, 3.05) is 6.61 Å². The van der Waals surface area contributed by atoms with Gasteiger partial charge in [0.2, 0.25) is 0 Å². The van der Waals surface area contributed by atoms with Crippen molar-refractivity contribution in [2.45, 2.75) is 26.4 Å². The summed E-state index contributed by atoms with van der Waals surface area (Å²) in [6.07, 6.45) is 1.72. The van der Waals surface area contributed by atoms with E-state index in [-0.39, 0.29) is 5.57 Å². The van der Waals surface area contributed by atoms with Gasteiger partial charge in [-0.25, -0.2) is 4.79 Å². The summed E-state index contributed by atoms with van der Waals surface area (Å²) in [6.45, 7) is 2.72. The Kier molecular flexibility index (Phi) is 4.19. The van der Waals surface area contributed by atoms with Crippen LogP contribution in [0.15, 0.2) is 29.8 Å². The van der Waals surface area contributed by atoms with E-state index in [4.69, 9.17) is 14.7 Å². The lowest BCUT2D eigenvalue weighted by atomic mass is 10.1. The third kappa shape index (κ3) is 2.76. The standard InChI is InChI=1S/C15H15NO3/c1-2-3-8-18-15(17)13(9-16)14-12-7-5-4-6-11(12)10-19-14/h4-7H,2-3,8,10H2,1H3. The number of esters is 1. The van der Waals surface area contributed by atoms with Crippen LogP contribution in [0, 0.1) is 11.3 Å². The topological polar surface area (TPSA) is 59.3 Å². The summed E-state index contributed by atoms with van der Waals surface area (Å²) in [7, 11) is 0. The third-order valence-electron chi connectivity index (χ3n) is 2.91. The minimum Gasteiger partial charge on any atom is -0.487 e. The van der Waals surface area contributed by atoms with Crippen molar-refractivity contribution in [3.8, 4) is 6.07 Å². The van der Waals surface area contributed by atoms with E-state index in [2.05, 4.69) is 0 Å². The summed E-state index contributed by atoms with van der Waals surface area (Å²) >= 11 is 0. The molecule has 0 atom stereocenters. The molecular weight excluding hydrogens is 242 g/mol. The van der Waals surface area contributed by atoms with Crippen LogP contribution < -0.4 is 0 Å². The number of rotatable bonds is 4. The Hall–Kier alpha value is -2.28. The molecule has 0 unspecified atom stereocenters. The zero-order valence-corrected chi connectivity index (χ0v) is 10.8. The fraction of sp³-hybridized carbons (Fsp3) is 0.333. The van der Waals surface area contributed by atoms with Gasteiger partial charge in [-0.1, -0.05) is 37.6 Å². The van der Waals surface area contributed by atoms with Crippen molar-refractivity contribution in [1.82, 2.24) is 0 Å². The van der Waals surface area contributed by atoms with Crippen molar-refractivity contribution >= 4 is 11.7 Å². The molecule has 0 fully saturated rings. The fourth-order valence-corrected chi connectivity index (χ4v) is 1.87. The van der Waals surface area contributed by atoms with Gasteiger partial charge in [0, 0.05) is 11.1 Å². The van der Waals surface area contributed by atoms with Gasteiger partial charge in [-0.15, -0.1) is 0 Å². The van der Waals surface area contributed by atoms with Crippen LogP contribution >= 0.6 is 0 Å². The molecule has 98 valence electrons. The predicted octanol–water partition coefficient (Wildman–Crippen LogP) is 2.79. The highest BCUT2D eigenvalue weighted by Gasteiger charge is 2.25. The molecular formula is C15H15NO3. The molecule has 0 saturated carbocycles. The van der Waals surface area contributed by atoms with Gasteiger partial charge in [-0.3, -0.25) is 0 Å². The monoisotopic (exact) mass is 257 g/mol. The number of nitrogens with zero attached hydrogens (tertiary/aromatic N) is 1.